The molecule has 6 nitrogen and oxygen atoms in total. The number of carbonyl (C=O) groups excluding carboxylic acids is 1. The number of aromatic nitrogens is 2. The van der Waals surface area contributed by atoms with Gasteiger partial charge >= 0.3 is 5.97 Å². The number of rotatable bonds is 3. The Bertz CT molecular complexity index is 370. The van der Waals surface area contributed by atoms with E-state index >= 15 is 0 Å². The van der Waals surface area contributed by atoms with Gasteiger partial charge in [0.15, 0.2) is 5.69 Å². The highest BCUT2D eigenvalue weighted by molar-refractivity contribution is 5.95. The van der Waals surface area contributed by atoms with Crippen molar-refractivity contribution in [2.45, 2.75) is 26.8 Å². The highest BCUT2D eigenvalue weighted by atomic mass is 16.5. The summed E-state index contributed by atoms with van der Waals surface area (Å²) in [5.41, 5.74) is 11.6. The number of nitrogens with two attached hydrogens (primary N) is 2. The number of hydrogen-bond acceptors (Lipinski definition) is 5. The van der Waals surface area contributed by atoms with Crippen molar-refractivity contribution in [2.75, 3.05) is 18.1 Å². The number of anilines is 2. The summed E-state index contributed by atoms with van der Waals surface area (Å²) >= 11 is 0. The molecule has 1 rings (SSSR count). The summed E-state index contributed by atoms with van der Waals surface area (Å²) < 4.78 is 6.31. The van der Waals surface area contributed by atoms with E-state index in [1.54, 1.807) is 6.92 Å². The molecule has 1 heterocycles. The van der Waals surface area contributed by atoms with Crippen LogP contribution in [0, 0.1) is 0 Å². The van der Waals surface area contributed by atoms with Gasteiger partial charge in [0.25, 0.3) is 0 Å². The lowest BCUT2D eigenvalue weighted by atomic mass is 10.3. The van der Waals surface area contributed by atoms with E-state index in [9.17, 15) is 4.79 Å². The third-order valence-electron chi connectivity index (χ3n) is 1.94. The average Bonchev–Trinajstić information content (AvgIpc) is 2.45. The van der Waals surface area contributed by atoms with Crippen LogP contribution < -0.4 is 11.5 Å². The first-order chi connectivity index (χ1) is 6.99. The van der Waals surface area contributed by atoms with Crippen LogP contribution in [0.15, 0.2) is 0 Å². The first-order valence-electron chi connectivity index (χ1n) is 4.79. The molecule has 0 unspecified atom stereocenters. The summed E-state index contributed by atoms with van der Waals surface area (Å²) in [5.74, 6) is -0.242. The van der Waals surface area contributed by atoms with E-state index in [-0.39, 0.29) is 24.0 Å². The summed E-state index contributed by atoms with van der Waals surface area (Å²) in [6.45, 7) is 5.80. The molecule has 0 saturated heterocycles. The third-order valence-corrected chi connectivity index (χ3v) is 1.94. The average molecular weight is 212 g/mol. The van der Waals surface area contributed by atoms with Crippen LogP contribution >= 0.6 is 0 Å². The number of esters is 1. The van der Waals surface area contributed by atoms with Crippen LogP contribution in [0.3, 0.4) is 0 Å². The molecule has 0 aromatic carbocycles. The molecular formula is C9H16N4O2. The van der Waals surface area contributed by atoms with Crippen LogP contribution in [0.5, 0.6) is 0 Å². The maximum Gasteiger partial charge on any atom is 0.361 e. The van der Waals surface area contributed by atoms with Crippen molar-refractivity contribution < 1.29 is 9.53 Å². The number of nitrogens with zero attached hydrogens (tertiary/aromatic N) is 2. The summed E-state index contributed by atoms with van der Waals surface area (Å²) in [4.78, 5) is 11.4. The molecule has 4 N–H and O–H groups in total. The lowest BCUT2D eigenvalue weighted by Gasteiger charge is -2.06. The minimum Gasteiger partial charge on any atom is -0.461 e. The first kappa shape index (κ1) is 11.4. The number of hydrogen-bond donors (Lipinski definition) is 2. The zero-order chi connectivity index (χ0) is 11.6. The second kappa shape index (κ2) is 4.20. The maximum absolute atomic E-state index is 11.4. The molecule has 0 amide bonds. The summed E-state index contributed by atoms with van der Waals surface area (Å²) in [7, 11) is 0. The summed E-state index contributed by atoms with van der Waals surface area (Å²) in [6, 6.07) is 0.0514. The second-order valence-corrected chi connectivity index (χ2v) is 3.41. The summed E-state index contributed by atoms with van der Waals surface area (Å²) in [6.07, 6.45) is 0. The van der Waals surface area contributed by atoms with Crippen LogP contribution in [0.4, 0.5) is 11.5 Å². The van der Waals surface area contributed by atoms with Gasteiger partial charge in [0, 0.05) is 6.04 Å². The number of carbonyl (C=O) groups is 1. The molecule has 0 aliphatic carbocycles. The predicted molar refractivity (Wildman–Crippen MR) is 57.4 cm³/mol. The molecule has 0 radical (unpaired) electrons. The minimum absolute atomic E-state index is 0.0514. The van der Waals surface area contributed by atoms with Gasteiger partial charge in [-0.1, -0.05) is 0 Å². The molecule has 0 bridgehead atoms. The standard InChI is InChI=1S/C9H16N4O2/c1-4-15-9(14)7-6(10)8(11)13(12-7)5(2)3/h5H,4,10-11H2,1-3H3. The lowest BCUT2D eigenvalue weighted by Crippen LogP contribution is -2.09. The van der Waals surface area contributed by atoms with Crippen LogP contribution in [0.1, 0.15) is 37.3 Å². The molecule has 1 aromatic heterocycles. The van der Waals surface area contributed by atoms with E-state index in [0.717, 1.165) is 0 Å². The maximum atomic E-state index is 11.4. The lowest BCUT2D eigenvalue weighted by molar-refractivity contribution is 0.0519. The molecule has 0 saturated carbocycles. The largest absolute Gasteiger partial charge is 0.461 e. The predicted octanol–water partition coefficient (Wildman–Crippen LogP) is 0.805. The van der Waals surface area contributed by atoms with E-state index in [1.165, 1.54) is 4.68 Å². The highest BCUT2D eigenvalue weighted by Crippen LogP contribution is 2.23. The Balaban J connectivity index is 3.10. The molecule has 1 aromatic rings. The van der Waals surface area contributed by atoms with Gasteiger partial charge in [0.2, 0.25) is 0 Å². The van der Waals surface area contributed by atoms with E-state index in [1.807, 2.05) is 13.8 Å². The normalized spacial score (nSPS) is 10.7. The molecular weight excluding hydrogens is 196 g/mol. The fourth-order valence-corrected chi connectivity index (χ4v) is 1.20. The van der Waals surface area contributed by atoms with Gasteiger partial charge in [-0.05, 0) is 20.8 Å². The Hall–Kier alpha value is -1.72. The van der Waals surface area contributed by atoms with Crippen molar-refractivity contribution >= 4 is 17.5 Å². The van der Waals surface area contributed by atoms with Crippen molar-refractivity contribution in [3.63, 3.8) is 0 Å². The van der Waals surface area contributed by atoms with Crippen LogP contribution in [-0.2, 0) is 4.74 Å². The molecule has 15 heavy (non-hydrogen) atoms. The van der Waals surface area contributed by atoms with Gasteiger partial charge in [0.05, 0.1) is 6.61 Å². The SMILES string of the molecule is CCOC(=O)c1nn(C(C)C)c(N)c1N. The fraction of sp³-hybridized carbons (Fsp3) is 0.556. The van der Waals surface area contributed by atoms with Crippen molar-refractivity contribution in [2.24, 2.45) is 0 Å². The highest BCUT2D eigenvalue weighted by Gasteiger charge is 2.21. The zero-order valence-electron chi connectivity index (χ0n) is 9.15. The third kappa shape index (κ3) is 2.03. The Morgan fingerprint density at radius 2 is 2.13 bits per heavy atom. The smallest absolute Gasteiger partial charge is 0.361 e. The first-order valence-corrected chi connectivity index (χ1v) is 4.79. The fourth-order valence-electron chi connectivity index (χ4n) is 1.20. The minimum atomic E-state index is -0.541. The molecule has 84 valence electrons. The van der Waals surface area contributed by atoms with Crippen LogP contribution in [0.2, 0.25) is 0 Å². The Morgan fingerprint density at radius 3 is 2.53 bits per heavy atom. The zero-order valence-corrected chi connectivity index (χ0v) is 9.15. The van der Waals surface area contributed by atoms with Crippen LogP contribution in [0.25, 0.3) is 0 Å². The van der Waals surface area contributed by atoms with Crippen molar-refractivity contribution in [1.82, 2.24) is 9.78 Å². The number of ether oxygens (including phenoxy) is 1. The van der Waals surface area contributed by atoms with Gasteiger partial charge in [-0.25, -0.2) is 9.48 Å². The quantitative estimate of drug-likeness (QED) is 0.722. The Kier molecular flexibility index (Phi) is 3.18. The molecule has 0 spiro atoms. The molecule has 0 aliphatic rings. The van der Waals surface area contributed by atoms with E-state index in [2.05, 4.69) is 5.10 Å². The van der Waals surface area contributed by atoms with Crippen LogP contribution in [-0.4, -0.2) is 22.4 Å². The van der Waals surface area contributed by atoms with Gasteiger partial charge in [-0.15, -0.1) is 0 Å². The monoisotopic (exact) mass is 212 g/mol. The van der Waals surface area contributed by atoms with Gasteiger partial charge < -0.3 is 16.2 Å². The molecule has 0 atom stereocenters. The van der Waals surface area contributed by atoms with E-state index in [4.69, 9.17) is 16.2 Å². The molecule has 0 fully saturated rings. The molecule has 6 heteroatoms. The Morgan fingerprint density at radius 1 is 1.53 bits per heavy atom. The summed E-state index contributed by atoms with van der Waals surface area (Å²) in [5, 5.41) is 4.02. The van der Waals surface area contributed by atoms with Crippen molar-refractivity contribution in [1.29, 1.82) is 0 Å². The Labute approximate surface area is 88.2 Å². The van der Waals surface area contributed by atoms with Gasteiger partial charge in [-0.2, -0.15) is 5.10 Å². The number of nitrogen functional groups attached to an aromatic ring is 2. The topological polar surface area (TPSA) is 96.2 Å². The second-order valence-electron chi connectivity index (χ2n) is 3.41. The van der Waals surface area contributed by atoms with E-state index < -0.39 is 5.97 Å². The van der Waals surface area contributed by atoms with Crippen molar-refractivity contribution in [3.05, 3.63) is 5.69 Å². The van der Waals surface area contributed by atoms with E-state index in [0.29, 0.717) is 5.82 Å². The molecule has 0 aliphatic heterocycles. The van der Waals surface area contributed by atoms with Crippen molar-refractivity contribution in [3.8, 4) is 0 Å². The van der Waals surface area contributed by atoms with Gasteiger partial charge in [-0.3, -0.25) is 0 Å². The van der Waals surface area contributed by atoms with Gasteiger partial charge in [0.1, 0.15) is 11.5 Å².